The number of amides is 1. The lowest BCUT2D eigenvalue weighted by Gasteiger charge is -2.22. The van der Waals surface area contributed by atoms with Crippen LogP contribution in [0.3, 0.4) is 0 Å². The lowest BCUT2D eigenvalue weighted by Crippen LogP contribution is -2.44. The second-order valence-electron chi connectivity index (χ2n) is 6.90. The fourth-order valence-electron chi connectivity index (χ4n) is 3.28. The highest BCUT2D eigenvalue weighted by Gasteiger charge is 2.55. The number of carbonyl (C=O) groups is 1. The molecule has 2 aromatic carbocycles. The molecule has 0 fully saturated rings. The van der Waals surface area contributed by atoms with E-state index in [0.717, 1.165) is 33.2 Å². The van der Waals surface area contributed by atoms with E-state index in [1.165, 1.54) is 11.8 Å². The Morgan fingerprint density at radius 3 is 2.71 bits per heavy atom. The Labute approximate surface area is 173 Å². The highest BCUT2D eigenvalue weighted by atomic mass is 35.5. The molecular formula is C21H20ClN3O2S. The maximum atomic E-state index is 13.5. The van der Waals surface area contributed by atoms with Crippen LogP contribution in [0, 0.1) is 0 Å². The summed E-state index contributed by atoms with van der Waals surface area (Å²) in [5.41, 5.74) is 6.89. The van der Waals surface area contributed by atoms with E-state index < -0.39 is 4.87 Å². The molecule has 2 heterocycles. The van der Waals surface area contributed by atoms with Gasteiger partial charge < -0.3 is 9.64 Å². The number of rotatable bonds is 4. The zero-order chi connectivity index (χ0) is 19.9. The molecule has 0 aliphatic carbocycles. The molecule has 2 aliphatic rings. The van der Waals surface area contributed by atoms with E-state index in [0.29, 0.717) is 11.6 Å². The molecule has 4 rings (SSSR count). The van der Waals surface area contributed by atoms with Crippen molar-refractivity contribution in [2.45, 2.75) is 18.7 Å². The number of hydrogen-bond donors (Lipinski definition) is 1. The van der Waals surface area contributed by atoms with Crippen LogP contribution in [-0.2, 0) is 9.67 Å². The minimum atomic E-state index is -0.995. The van der Waals surface area contributed by atoms with Crippen LogP contribution in [0.1, 0.15) is 25.0 Å². The van der Waals surface area contributed by atoms with Crippen LogP contribution in [-0.4, -0.2) is 24.6 Å². The maximum absolute atomic E-state index is 13.5. The average Bonchev–Trinajstić information content (AvgIpc) is 3.23. The van der Waals surface area contributed by atoms with Crippen molar-refractivity contribution in [2.24, 2.45) is 5.10 Å². The van der Waals surface area contributed by atoms with Gasteiger partial charge in [0.05, 0.1) is 12.8 Å². The summed E-state index contributed by atoms with van der Waals surface area (Å²) in [5, 5.41) is 5.84. The molecule has 0 saturated carbocycles. The average molecular weight is 414 g/mol. The summed E-state index contributed by atoms with van der Waals surface area (Å²) < 4.78 is 5.22. The first kappa shape index (κ1) is 18.9. The van der Waals surface area contributed by atoms with Gasteiger partial charge >= 0.3 is 0 Å². The Morgan fingerprint density at radius 1 is 1.29 bits per heavy atom. The lowest BCUT2D eigenvalue weighted by molar-refractivity contribution is -0.120. The quantitative estimate of drug-likeness (QED) is 0.749. The van der Waals surface area contributed by atoms with E-state index in [4.69, 9.17) is 16.3 Å². The van der Waals surface area contributed by atoms with Gasteiger partial charge in [-0.2, -0.15) is 5.10 Å². The molecule has 1 N–H and O–H groups in total. The first-order chi connectivity index (χ1) is 13.4. The summed E-state index contributed by atoms with van der Waals surface area (Å²) in [6.07, 6.45) is 2.04. The fourth-order valence-corrected chi connectivity index (χ4v) is 4.65. The van der Waals surface area contributed by atoms with Crippen LogP contribution < -0.4 is 15.1 Å². The van der Waals surface area contributed by atoms with E-state index in [1.54, 1.807) is 12.0 Å². The molecule has 5 nitrogen and oxygen atoms in total. The Morgan fingerprint density at radius 2 is 2.04 bits per heavy atom. The van der Waals surface area contributed by atoms with Crippen molar-refractivity contribution >= 4 is 40.0 Å². The van der Waals surface area contributed by atoms with E-state index in [-0.39, 0.29) is 5.91 Å². The number of nitrogens with zero attached hydrogens (tertiary/aromatic N) is 2. The number of fused-ring (bicyclic) bond motifs is 2. The van der Waals surface area contributed by atoms with Crippen LogP contribution in [0.25, 0.3) is 0 Å². The molecule has 1 atom stereocenters. The Balaban J connectivity index is 1.70. The number of thioether (sulfide) groups is 1. The third kappa shape index (κ3) is 3.06. The SMILES string of the molecule is COc1ccc(C2=NNC3(S2)C(=O)N(CC=C(C)C)c2ccc(Cl)cc23)cc1. The van der Waals surface area contributed by atoms with Crippen LogP contribution in [0.15, 0.2) is 59.2 Å². The number of benzene rings is 2. The molecule has 0 saturated heterocycles. The molecule has 1 spiro atoms. The minimum absolute atomic E-state index is 0.0421. The van der Waals surface area contributed by atoms with Crippen molar-refractivity contribution in [1.29, 1.82) is 0 Å². The van der Waals surface area contributed by atoms with Crippen molar-refractivity contribution in [3.63, 3.8) is 0 Å². The number of methoxy groups -OCH3 is 1. The predicted molar refractivity (Wildman–Crippen MR) is 115 cm³/mol. The number of hydrogen-bond acceptors (Lipinski definition) is 5. The zero-order valence-electron chi connectivity index (χ0n) is 15.8. The van der Waals surface area contributed by atoms with Crippen LogP contribution >= 0.6 is 23.4 Å². The van der Waals surface area contributed by atoms with Gasteiger partial charge in [0.1, 0.15) is 10.8 Å². The van der Waals surface area contributed by atoms with Gasteiger partial charge in [0.15, 0.2) is 0 Å². The number of halogens is 1. The highest BCUT2D eigenvalue weighted by Crippen LogP contribution is 2.51. The molecule has 7 heteroatoms. The summed E-state index contributed by atoms with van der Waals surface area (Å²) in [7, 11) is 1.63. The van der Waals surface area contributed by atoms with Gasteiger partial charge in [-0.3, -0.25) is 10.2 Å². The Kier molecular flexibility index (Phi) is 4.85. The number of allylic oxidation sites excluding steroid dienone is 1. The monoisotopic (exact) mass is 413 g/mol. The Hall–Kier alpha value is -2.44. The van der Waals surface area contributed by atoms with Crippen molar-refractivity contribution in [1.82, 2.24) is 5.43 Å². The predicted octanol–water partition coefficient (Wildman–Crippen LogP) is 4.51. The number of ether oxygens (including phenoxy) is 1. The zero-order valence-corrected chi connectivity index (χ0v) is 17.4. The van der Waals surface area contributed by atoms with E-state index in [1.807, 2.05) is 62.4 Å². The topological polar surface area (TPSA) is 53.9 Å². The molecule has 0 aromatic heterocycles. The molecule has 1 amide bonds. The third-order valence-electron chi connectivity index (χ3n) is 4.76. The summed E-state index contributed by atoms with van der Waals surface area (Å²) in [6, 6.07) is 13.2. The fraction of sp³-hybridized carbons (Fsp3) is 0.238. The molecule has 2 aromatic rings. The molecule has 28 heavy (non-hydrogen) atoms. The molecule has 2 aliphatic heterocycles. The first-order valence-electron chi connectivity index (χ1n) is 8.88. The second kappa shape index (κ2) is 7.18. The highest BCUT2D eigenvalue weighted by molar-refractivity contribution is 8.16. The Bertz CT molecular complexity index is 999. The smallest absolute Gasteiger partial charge is 0.270 e. The van der Waals surface area contributed by atoms with Crippen molar-refractivity contribution < 1.29 is 9.53 Å². The van der Waals surface area contributed by atoms with E-state index >= 15 is 0 Å². The summed E-state index contributed by atoms with van der Waals surface area (Å²) >= 11 is 7.68. The normalized spacial score (nSPS) is 20.1. The number of hydrazone groups is 1. The van der Waals surface area contributed by atoms with Gasteiger partial charge in [0.2, 0.25) is 4.87 Å². The number of carbonyl (C=O) groups excluding carboxylic acids is 1. The second-order valence-corrected chi connectivity index (χ2v) is 8.54. The molecule has 0 bridgehead atoms. The third-order valence-corrected chi connectivity index (χ3v) is 6.31. The van der Waals surface area contributed by atoms with Crippen LogP contribution in [0.4, 0.5) is 5.69 Å². The van der Waals surface area contributed by atoms with Gasteiger partial charge in [0, 0.05) is 22.7 Å². The van der Waals surface area contributed by atoms with Gasteiger partial charge in [-0.1, -0.05) is 35.0 Å². The molecular weight excluding hydrogens is 394 g/mol. The standard InChI is InChI=1S/C21H20ClN3O2S/c1-13(2)10-11-25-18-9-6-15(22)12-17(18)21(20(25)26)24-23-19(28-21)14-4-7-16(27-3)8-5-14/h4-10,12,24H,11H2,1-3H3. The van der Waals surface area contributed by atoms with Crippen molar-refractivity contribution in [3.05, 3.63) is 70.3 Å². The van der Waals surface area contributed by atoms with Crippen molar-refractivity contribution in [3.8, 4) is 5.75 Å². The van der Waals surface area contributed by atoms with Crippen LogP contribution in [0.2, 0.25) is 5.02 Å². The first-order valence-corrected chi connectivity index (χ1v) is 10.1. The van der Waals surface area contributed by atoms with Crippen molar-refractivity contribution in [2.75, 3.05) is 18.6 Å². The number of nitrogens with one attached hydrogen (secondary N) is 1. The van der Waals surface area contributed by atoms with Crippen LogP contribution in [0.5, 0.6) is 5.75 Å². The van der Waals surface area contributed by atoms with Gasteiger partial charge in [-0.15, -0.1) is 0 Å². The number of anilines is 1. The van der Waals surface area contributed by atoms with E-state index in [9.17, 15) is 4.79 Å². The van der Waals surface area contributed by atoms with Gasteiger partial charge in [0.25, 0.3) is 5.91 Å². The van der Waals surface area contributed by atoms with Gasteiger partial charge in [-0.05, 0) is 56.3 Å². The van der Waals surface area contributed by atoms with E-state index in [2.05, 4.69) is 10.5 Å². The summed E-state index contributed by atoms with van der Waals surface area (Å²) in [6.45, 7) is 4.55. The summed E-state index contributed by atoms with van der Waals surface area (Å²) in [4.78, 5) is 14.3. The molecule has 144 valence electrons. The molecule has 1 unspecified atom stereocenters. The largest absolute Gasteiger partial charge is 0.497 e. The maximum Gasteiger partial charge on any atom is 0.270 e. The summed E-state index contributed by atoms with van der Waals surface area (Å²) in [5.74, 6) is 0.733. The van der Waals surface area contributed by atoms with Gasteiger partial charge in [-0.25, -0.2) is 0 Å². The molecule has 0 radical (unpaired) electrons. The lowest BCUT2D eigenvalue weighted by atomic mass is 10.1. The minimum Gasteiger partial charge on any atom is -0.497 e.